The summed E-state index contributed by atoms with van der Waals surface area (Å²) in [6.07, 6.45) is 0.955. The number of amides is 2. The summed E-state index contributed by atoms with van der Waals surface area (Å²) in [6.45, 7) is 1.51. The molecule has 16 heavy (non-hydrogen) atoms. The van der Waals surface area contributed by atoms with E-state index in [1.165, 1.54) is 5.01 Å². The molecule has 4 nitrogen and oxygen atoms in total. The Morgan fingerprint density at radius 1 is 1.44 bits per heavy atom. The lowest BCUT2D eigenvalue weighted by molar-refractivity contribution is 0.205. The van der Waals surface area contributed by atoms with Crippen LogP contribution in [0.15, 0.2) is 18.2 Å². The second-order valence-electron chi connectivity index (χ2n) is 3.47. The molecule has 1 aliphatic heterocycles. The highest BCUT2D eigenvalue weighted by Gasteiger charge is 2.18. The molecular formula is C10H11Cl2N3O. The second kappa shape index (κ2) is 4.91. The molecule has 6 heteroatoms. The van der Waals surface area contributed by atoms with Gasteiger partial charge in [0, 0.05) is 18.1 Å². The zero-order valence-corrected chi connectivity index (χ0v) is 9.98. The maximum absolute atomic E-state index is 11.7. The molecule has 0 saturated carbocycles. The predicted octanol–water partition coefficient (Wildman–Crippen LogP) is 2.74. The lowest BCUT2D eigenvalue weighted by atomic mass is 10.3. The van der Waals surface area contributed by atoms with E-state index < -0.39 is 0 Å². The number of rotatable bonds is 1. The van der Waals surface area contributed by atoms with Crippen LogP contribution in [0.3, 0.4) is 0 Å². The van der Waals surface area contributed by atoms with E-state index in [-0.39, 0.29) is 6.03 Å². The van der Waals surface area contributed by atoms with Gasteiger partial charge in [-0.15, -0.1) is 0 Å². The van der Waals surface area contributed by atoms with Gasteiger partial charge in [0.2, 0.25) is 0 Å². The molecule has 1 aromatic rings. The molecule has 1 aromatic carbocycles. The van der Waals surface area contributed by atoms with Crippen molar-refractivity contribution in [2.75, 3.05) is 18.4 Å². The monoisotopic (exact) mass is 259 g/mol. The van der Waals surface area contributed by atoms with Crippen LogP contribution >= 0.6 is 23.2 Å². The fourth-order valence-electron chi connectivity index (χ4n) is 1.48. The quantitative estimate of drug-likeness (QED) is 0.815. The van der Waals surface area contributed by atoms with Crippen molar-refractivity contribution in [3.05, 3.63) is 28.2 Å². The first-order valence-corrected chi connectivity index (χ1v) is 5.69. The fraction of sp³-hybridized carbons (Fsp3) is 0.300. The van der Waals surface area contributed by atoms with Gasteiger partial charge in [0.1, 0.15) is 0 Å². The number of carbonyl (C=O) groups is 1. The number of halogens is 2. The van der Waals surface area contributed by atoms with Gasteiger partial charge in [0.05, 0.1) is 10.7 Å². The van der Waals surface area contributed by atoms with Crippen molar-refractivity contribution in [2.24, 2.45) is 0 Å². The maximum Gasteiger partial charge on any atom is 0.336 e. The number of nitrogens with zero attached hydrogens (tertiary/aromatic N) is 1. The van der Waals surface area contributed by atoms with Crippen LogP contribution in [-0.2, 0) is 0 Å². The molecule has 0 unspecified atom stereocenters. The molecule has 2 rings (SSSR count). The Balaban J connectivity index is 2.07. The Kier molecular flexibility index (Phi) is 3.53. The van der Waals surface area contributed by atoms with Gasteiger partial charge in [-0.1, -0.05) is 23.2 Å². The molecule has 0 aliphatic carbocycles. The van der Waals surface area contributed by atoms with Crippen LogP contribution in [0.1, 0.15) is 6.42 Å². The van der Waals surface area contributed by atoms with Crippen molar-refractivity contribution >= 4 is 34.9 Å². The van der Waals surface area contributed by atoms with E-state index in [0.29, 0.717) is 22.3 Å². The Bertz CT molecular complexity index is 405. The van der Waals surface area contributed by atoms with Crippen LogP contribution in [0.5, 0.6) is 0 Å². The average molecular weight is 260 g/mol. The van der Waals surface area contributed by atoms with E-state index in [4.69, 9.17) is 23.2 Å². The number of carbonyl (C=O) groups excluding carboxylic acids is 1. The molecule has 0 radical (unpaired) electrons. The van der Waals surface area contributed by atoms with E-state index in [1.54, 1.807) is 18.2 Å². The van der Waals surface area contributed by atoms with Crippen molar-refractivity contribution in [3.8, 4) is 0 Å². The summed E-state index contributed by atoms with van der Waals surface area (Å²) in [5.41, 5.74) is 3.48. The Morgan fingerprint density at radius 2 is 2.25 bits per heavy atom. The standard InChI is InChI=1S/C10H11Cl2N3O/c11-7-2-3-8(12)9(6-7)14-10(16)15-5-1-4-13-15/h2-3,6,13H,1,4-5H2,(H,14,16). The van der Waals surface area contributed by atoms with Crippen LogP contribution in [-0.4, -0.2) is 24.1 Å². The van der Waals surface area contributed by atoms with Gasteiger partial charge in [0.25, 0.3) is 0 Å². The summed E-state index contributed by atoms with van der Waals surface area (Å²) < 4.78 is 0. The van der Waals surface area contributed by atoms with Crippen molar-refractivity contribution < 1.29 is 4.79 Å². The SMILES string of the molecule is O=C(Nc1cc(Cl)ccc1Cl)N1CCCN1. The van der Waals surface area contributed by atoms with Crippen LogP contribution < -0.4 is 10.7 Å². The van der Waals surface area contributed by atoms with Gasteiger partial charge >= 0.3 is 6.03 Å². The van der Waals surface area contributed by atoms with Crippen LogP contribution in [0.4, 0.5) is 10.5 Å². The Hall–Kier alpha value is -0.970. The number of anilines is 1. The fourth-order valence-corrected chi connectivity index (χ4v) is 1.82. The molecule has 0 spiro atoms. The molecule has 0 bridgehead atoms. The highest BCUT2D eigenvalue weighted by Crippen LogP contribution is 2.25. The smallest absolute Gasteiger partial charge is 0.305 e. The molecule has 1 saturated heterocycles. The topological polar surface area (TPSA) is 44.4 Å². The van der Waals surface area contributed by atoms with Crippen molar-refractivity contribution in [2.45, 2.75) is 6.42 Å². The van der Waals surface area contributed by atoms with Crippen molar-refractivity contribution in [1.29, 1.82) is 0 Å². The Morgan fingerprint density at radius 3 is 2.94 bits per heavy atom. The third kappa shape index (κ3) is 2.58. The average Bonchev–Trinajstić information content (AvgIpc) is 2.76. The normalized spacial score (nSPS) is 15.2. The molecular weight excluding hydrogens is 249 g/mol. The predicted molar refractivity (Wildman–Crippen MR) is 64.8 cm³/mol. The van der Waals surface area contributed by atoms with Crippen LogP contribution in [0.2, 0.25) is 10.0 Å². The van der Waals surface area contributed by atoms with E-state index >= 15 is 0 Å². The summed E-state index contributed by atoms with van der Waals surface area (Å²) >= 11 is 11.8. The lowest BCUT2D eigenvalue weighted by Gasteiger charge is -2.17. The van der Waals surface area contributed by atoms with Gasteiger partial charge in [-0.3, -0.25) is 5.01 Å². The number of hydrogen-bond acceptors (Lipinski definition) is 2. The molecule has 86 valence electrons. The number of nitrogens with one attached hydrogen (secondary N) is 2. The minimum atomic E-state index is -0.221. The third-order valence-electron chi connectivity index (χ3n) is 2.28. The molecule has 1 fully saturated rings. The number of benzene rings is 1. The van der Waals surface area contributed by atoms with Gasteiger partial charge < -0.3 is 5.32 Å². The summed E-state index contributed by atoms with van der Waals surface area (Å²) in [5, 5.41) is 5.23. The van der Waals surface area contributed by atoms with Crippen LogP contribution in [0, 0.1) is 0 Å². The zero-order chi connectivity index (χ0) is 11.5. The van der Waals surface area contributed by atoms with E-state index in [1.807, 2.05) is 0 Å². The molecule has 2 N–H and O–H groups in total. The first-order valence-electron chi connectivity index (χ1n) is 4.94. The van der Waals surface area contributed by atoms with Gasteiger partial charge in [0.15, 0.2) is 0 Å². The molecule has 1 heterocycles. The second-order valence-corrected chi connectivity index (χ2v) is 4.31. The van der Waals surface area contributed by atoms with Gasteiger partial charge in [-0.05, 0) is 24.6 Å². The zero-order valence-electron chi connectivity index (χ0n) is 8.46. The minimum Gasteiger partial charge on any atom is -0.305 e. The van der Waals surface area contributed by atoms with Crippen LogP contribution in [0.25, 0.3) is 0 Å². The molecule has 0 atom stereocenters. The number of hydrogen-bond donors (Lipinski definition) is 2. The van der Waals surface area contributed by atoms with E-state index in [0.717, 1.165) is 13.0 Å². The number of urea groups is 1. The van der Waals surface area contributed by atoms with Crippen molar-refractivity contribution in [1.82, 2.24) is 10.4 Å². The van der Waals surface area contributed by atoms with Crippen molar-refractivity contribution in [3.63, 3.8) is 0 Å². The first-order chi connectivity index (χ1) is 7.66. The van der Waals surface area contributed by atoms with Gasteiger partial charge in [-0.2, -0.15) is 0 Å². The first kappa shape index (κ1) is 11.5. The molecule has 0 aromatic heterocycles. The summed E-state index contributed by atoms with van der Waals surface area (Å²) in [4.78, 5) is 11.7. The highest BCUT2D eigenvalue weighted by atomic mass is 35.5. The summed E-state index contributed by atoms with van der Waals surface area (Å²) in [6, 6.07) is 4.73. The summed E-state index contributed by atoms with van der Waals surface area (Å²) in [5.74, 6) is 0. The third-order valence-corrected chi connectivity index (χ3v) is 2.84. The lowest BCUT2D eigenvalue weighted by Crippen LogP contribution is -2.40. The maximum atomic E-state index is 11.7. The Labute approximate surface area is 103 Å². The van der Waals surface area contributed by atoms with Gasteiger partial charge in [-0.25, -0.2) is 10.2 Å². The highest BCUT2D eigenvalue weighted by molar-refractivity contribution is 6.35. The van der Waals surface area contributed by atoms with E-state index in [9.17, 15) is 4.79 Å². The molecule has 2 amide bonds. The largest absolute Gasteiger partial charge is 0.336 e. The minimum absolute atomic E-state index is 0.221. The number of hydrazine groups is 1. The molecule has 1 aliphatic rings. The van der Waals surface area contributed by atoms with E-state index in [2.05, 4.69) is 10.7 Å². The summed E-state index contributed by atoms with van der Waals surface area (Å²) in [7, 11) is 0.